The fraction of sp³-hybridized carbons (Fsp3) is 0.586. The van der Waals surface area contributed by atoms with Crippen LogP contribution in [0.25, 0.3) is 6.08 Å². The van der Waals surface area contributed by atoms with E-state index in [2.05, 4.69) is 13.8 Å². The first-order valence-electron chi connectivity index (χ1n) is 13.2. The van der Waals surface area contributed by atoms with E-state index in [1.165, 1.54) is 18.6 Å². The number of rotatable bonds is 7. The number of esters is 4. The van der Waals surface area contributed by atoms with E-state index >= 15 is 0 Å². The van der Waals surface area contributed by atoms with Gasteiger partial charge in [-0.25, -0.2) is 0 Å². The number of aliphatic hydroxyl groups is 1. The Balaban J connectivity index is 2.12. The van der Waals surface area contributed by atoms with Gasteiger partial charge in [-0.05, 0) is 48.8 Å². The summed E-state index contributed by atoms with van der Waals surface area (Å²) in [5.41, 5.74) is 2.20. The molecule has 1 saturated carbocycles. The Morgan fingerprint density at radius 1 is 0.950 bits per heavy atom. The van der Waals surface area contributed by atoms with Crippen molar-refractivity contribution in [2.75, 3.05) is 6.61 Å². The molecular weight excluding hydrogens is 544 g/mol. The number of halogens is 1. The SMILES string of the molecule is CC(=O)OC[C@H]1O[C@@](O)(c2ccc(Cl)c(C=C3CCC(C)(C)CC3)c2)[C@H](OC(C)=O)[C@@H](OC(C)=O)[C@@H]1OC(C)=O. The van der Waals surface area contributed by atoms with Crippen LogP contribution in [0, 0.1) is 5.41 Å². The molecule has 10 nitrogen and oxygen atoms in total. The monoisotopic (exact) mass is 580 g/mol. The first-order valence-corrected chi connectivity index (χ1v) is 13.5. The van der Waals surface area contributed by atoms with E-state index in [1.54, 1.807) is 12.1 Å². The topological polar surface area (TPSA) is 135 Å². The number of ether oxygens (including phenoxy) is 5. The summed E-state index contributed by atoms with van der Waals surface area (Å²) in [6.07, 6.45) is -0.0475. The Morgan fingerprint density at radius 2 is 1.52 bits per heavy atom. The van der Waals surface area contributed by atoms with E-state index in [0.717, 1.165) is 46.5 Å². The van der Waals surface area contributed by atoms with Crippen molar-refractivity contribution in [3.63, 3.8) is 0 Å². The molecule has 0 aromatic heterocycles. The minimum atomic E-state index is -2.42. The van der Waals surface area contributed by atoms with Gasteiger partial charge in [-0.3, -0.25) is 19.2 Å². The molecule has 0 radical (unpaired) electrons. The number of hydrogen-bond donors (Lipinski definition) is 1. The highest BCUT2D eigenvalue weighted by molar-refractivity contribution is 6.32. The highest BCUT2D eigenvalue weighted by Gasteiger charge is 2.60. The molecule has 1 aliphatic carbocycles. The second-order valence-corrected chi connectivity index (χ2v) is 11.4. The van der Waals surface area contributed by atoms with Crippen molar-refractivity contribution in [3.05, 3.63) is 39.9 Å². The van der Waals surface area contributed by atoms with Gasteiger partial charge in [-0.15, -0.1) is 0 Å². The smallest absolute Gasteiger partial charge is 0.303 e. The first kappa shape index (κ1) is 31.6. The maximum atomic E-state index is 12.2. The predicted octanol–water partition coefficient (Wildman–Crippen LogP) is 4.23. The highest BCUT2D eigenvalue weighted by atomic mass is 35.5. The van der Waals surface area contributed by atoms with Crippen LogP contribution in [0.3, 0.4) is 0 Å². The second-order valence-electron chi connectivity index (χ2n) is 11.0. The van der Waals surface area contributed by atoms with Gasteiger partial charge in [0.1, 0.15) is 12.7 Å². The molecule has 1 N–H and O–H groups in total. The summed E-state index contributed by atoms with van der Waals surface area (Å²) in [7, 11) is 0. The normalized spacial score (nSPS) is 27.8. The van der Waals surface area contributed by atoms with E-state index in [0.29, 0.717) is 10.6 Å². The summed E-state index contributed by atoms with van der Waals surface area (Å²) in [5.74, 6) is -5.45. The molecule has 11 heteroatoms. The van der Waals surface area contributed by atoms with Crippen LogP contribution in [0.4, 0.5) is 0 Å². The lowest BCUT2D eigenvalue weighted by Crippen LogP contribution is -2.66. The average Bonchev–Trinajstić information content (AvgIpc) is 2.83. The number of allylic oxidation sites excluding steroid dienone is 1. The van der Waals surface area contributed by atoms with Gasteiger partial charge in [0.2, 0.25) is 11.9 Å². The third kappa shape index (κ3) is 7.83. The van der Waals surface area contributed by atoms with Crippen LogP contribution in [-0.4, -0.2) is 60.0 Å². The molecule has 5 atom stereocenters. The second kappa shape index (κ2) is 12.7. The summed E-state index contributed by atoms with van der Waals surface area (Å²) < 4.78 is 27.4. The Labute approximate surface area is 238 Å². The summed E-state index contributed by atoms with van der Waals surface area (Å²) in [6.45, 7) is 8.53. The van der Waals surface area contributed by atoms with Crippen LogP contribution in [0.15, 0.2) is 23.8 Å². The summed E-state index contributed by atoms with van der Waals surface area (Å²) in [5, 5.41) is 12.5. The largest absolute Gasteiger partial charge is 0.463 e. The third-order valence-electron chi connectivity index (χ3n) is 7.07. The molecule has 3 rings (SSSR count). The van der Waals surface area contributed by atoms with Crippen LogP contribution >= 0.6 is 11.6 Å². The predicted molar refractivity (Wildman–Crippen MR) is 144 cm³/mol. The van der Waals surface area contributed by atoms with Gasteiger partial charge in [0.15, 0.2) is 12.2 Å². The molecule has 0 unspecified atom stereocenters. The number of hydrogen-bond acceptors (Lipinski definition) is 10. The van der Waals surface area contributed by atoms with Crippen molar-refractivity contribution >= 4 is 41.6 Å². The minimum Gasteiger partial charge on any atom is -0.463 e. The van der Waals surface area contributed by atoms with E-state index in [1.807, 2.05) is 6.08 Å². The maximum absolute atomic E-state index is 12.2. The highest BCUT2D eigenvalue weighted by Crippen LogP contribution is 2.43. The van der Waals surface area contributed by atoms with Crippen molar-refractivity contribution in [2.24, 2.45) is 5.41 Å². The van der Waals surface area contributed by atoms with Crippen LogP contribution < -0.4 is 0 Å². The van der Waals surface area contributed by atoms with E-state index in [9.17, 15) is 24.3 Å². The fourth-order valence-electron chi connectivity index (χ4n) is 5.00. The molecule has 0 spiro atoms. The van der Waals surface area contributed by atoms with E-state index in [4.69, 9.17) is 35.3 Å². The Hall–Kier alpha value is -2.95. The molecule has 1 aromatic carbocycles. The molecule has 2 aliphatic rings. The molecule has 220 valence electrons. The Kier molecular flexibility index (Phi) is 10.0. The maximum Gasteiger partial charge on any atom is 0.303 e. The summed E-state index contributed by atoms with van der Waals surface area (Å²) in [6, 6.07) is 4.67. The fourth-order valence-corrected chi connectivity index (χ4v) is 5.17. The molecule has 1 aliphatic heterocycles. The first-order chi connectivity index (χ1) is 18.6. The van der Waals surface area contributed by atoms with Crippen molar-refractivity contribution in [2.45, 2.75) is 97.4 Å². The van der Waals surface area contributed by atoms with Crippen molar-refractivity contribution in [3.8, 4) is 0 Å². The van der Waals surface area contributed by atoms with Crippen LogP contribution in [0.1, 0.15) is 78.4 Å². The molecule has 2 fully saturated rings. The van der Waals surface area contributed by atoms with Gasteiger partial charge in [0.05, 0.1) is 0 Å². The Bertz CT molecular complexity index is 1160. The Morgan fingerprint density at radius 3 is 2.08 bits per heavy atom. The standard InChI is InChI=1S/C29H37ClO10/c1-16(31)36-15-24-25(37-17(2)32)26(38-18(3)33)27(39-19(4)34)29(35,40-24)22-7-8-23(30)21(14-22)13-20-9-11-28(5,6)12-10-20/h7-8,13-14,24-27,35H,9-12,15H2,1-6H3/t24-,25-,26+,27-,29+/m1/s1. The van der Waals surface area contributed by atoms with Gasteiger partial charge < -0.3 is 28.8 Å². The molecule has 1 aromatic rings. The van der Waals surface area contributed by atoms with Gasteiger partial charge >= 0.3 is 23.9 Å². The quantitative estimate of drug-likeness (QED) is 0.369. The lowest BCUT2D eigenvalue weighted by molar-refractivity contribution is -0.360. The number of benzene rings is 1. The van der Waals surface area contributed by atoms with Crippen LogP contribution in [0.2, 0.25) is 5.02 Å². The van der Waals surface area contributed by atoms with E-state index in [-0.39, 0.29) is 11.0 Å². The van der Waals surface area contributed by atoms with Gasteiger partial charge in [0.25, 0.3) is 0 Å². The summed E-state index contributed by atoms with van der Waals surface area (Å²) >= 11 is 6.53. The van der Waals surface area contributed by atoms with Crippen molar-refractivity contribution in [1.82, 2.24) is 0 Å². The lowest BCUT2D eigenvalue weighted by Gasteiger charge is -2.48. The third-order valence-corrected chi connectivity index (χ3v) is 7.41. The van der Waals surface area contributed by atoms with Crippen molar-refractivity contribution < 1.29 is 48.0 Å². The molecule has 0 amide bonds. The molecule has 1 saturated heterocycles. The van der Waals surface area contributed by atoms with Crippen LogP contribution in [-0.2, 0) is 48.6 Å². The zero-order chi connectivity index (χ0) is 29.8. The van der Waals surface area contributed by atoms with Crippen molar-refractivity contribution in [1.29, 1.82) is 0 Å². The molecular formula is C29H37ClO10. The number of carbonyl (C=O) groups excluding carboxylic acids is 4. The zero-order valence-corrected chi connectivity index (χ0v) is 24.4. The van der Waals surface area contributed by atoms with Gasteiger partial charge in [0, 0.05) is 38.3 Å². The molecule has 1 heterocycles. The molecule has 40 heavy (non-hydrogen) atoms. The van der Waals surface area contributed by atoms with Gasteiger partial charge in [-0.1, -0.05) is 43.2 Å². The minimum absolute atomic E-state index is 0.136. The average molecular weight is 581 g/mol. The van der Waals surface area contributed by atoms with Gasteiger partial charge in [-0.2, -0.15) is 0 Å². The molecule has 0 bridgehead atoms. The van der Waals surface area contributed by atoms with E-state index < -0.39 is 60.7 Å². The lowest BCUT2D eigenvalue weighted by atomic mass is 9.75. The number of carbonyl (C=O) groups is 4. The summed E-state index contributed by atoms with van der Waals surface area (Å²) in [4.78, 5) is 47.9. The van der Waals surface area contributed by atoms with Crippen LogP contribution in [0.5, 0.6) is 0 Å². The zero-order valence-electron chi connectivity index (χ0n) is 23.7.